The summed E-state index contributed by atoms with van der Waals surface area (Å²) in [5.41, 5.74) is 2.75. The number of halogens is 1. The van der Waals surface area contributed by atoms with Crippen molar-refractivity contribution in [2.75, 3.05) is 19.6 Å². The normalized spacial score (nSPS) is 20.4. The summed E-state index contributed by atoms with van der Waals surface area (Å²) in [6.07, 6.45) is 4.33. The van der Waals surface area contributed by atoms with Gasteiger partial charge in [-0.1, -0.05) is 11.6 Å². The molecule has 33 heavy (non-hydrogen) atoms. The molecule has 174 valence electrons. The van der Waals surface area contributed by atoms with Crippen LogP contribution < -0.4 is 5.32 Å². The van der Waals surface area contributed by atoms with E-state index in [-0.39, 0.29) is 23.6 Å². The lowest BCUT2D eigenvalue weighted by atomic mass is 9.96. The monoisotopic (exact) mass is 469 g/mol. The Morgan fingerprint density at radius 2 is 1.79 bits per heavy atom. The van der Waals surface area contributed by atoms with Crippen LogP contribution in [-0.2, 0) is 24.8 Å². The van der Waals surface area contributed by atoms with Crippen LogP contribution in [0.2, 0.25) is 5.02 Å². The third kappa shape index (κ3) is 4.49. The Hall–Kier alpha value is -2.87. The number of aromatic nitrogens is 2. The van der Waals surface area contributed by atoms with Crippen LogP contribution in [0.15, 0.2) is 24.3 Å². The van der Waals surface area contributed by atoms with Crippen molar-refractivity contribution < 1.29 is 14.4 Å². The van der Waals surface area contributed by atoms with Crippen LogP contribution in [0.3, 0.4) is 0 Å². The first kappa shape index (κ1) is 21.9. The Labute approximate surface area is 197 Å². The van der Waals surface area contributed by atoms with E-state index < -0.39 is 0 Å². The first-order chi connectivity index (χ1) is 15.9. The van der Waals surface area contributed by atoms with Crippen molar-refractivity contribution in [3.63, 3.8) is 0 Å². The minimum atomic E-state index is -0.175. The fourth-order valence-electron chi connectivity index (χ4n) is 4.78. The predicted octanol–water partition coefficient (Wildman–Crippen LogP) is 2.40. The average Bonchev–Trinajstić information content (AvgIpc) is 3.59. The van der Waals surface area contributed by atoms with Crippen LogP contribution in [0, 0.1) is 5.92 Å². The quantitative estimate of drug-likeness (QED) is 0.744. The molecular weight excluding hydrogens is 442 g/mol. The lowest BCUT2D eigenvalue weighted by Gasteiger charge is -2.32. The highest BCUT2D eigenvalue weighted by Gasteiger charge is 2.35. The number of likely N-dealkylation sites (tertiary alicyclic amines) is 1. The second-order valence-corrected chi connectivity index (χ2v) is 9.69. The largest absolute Gasteiger partial charge is 0.353 e. The van der Waals surface area contributed by atoms with Gasteiger partial charge in [0.1, 0.15) is 0 Å². The fraction of sp³-hybridized carbons (Fsp3) is 0.500. The van der Waals surface area contributed by atoms with Crippen molar-refractivity contribution in [3.8, 4) is 0 Å². The van der Waals surface area contributed by atoms with Gasteiger partial charge in [0.15, 0.2) is 5.69 Å². The van der Waals surface area contributed by atoms with Crippen molar-refractivity contribution in [2.45, 2.75) is 44.7 Å². The molecule has 0 bridgehead atoms. The van der Waals surface area contributed by atoms with Crippen molar-refractivity contribution in [1.82, 2.24) is 24.9 Å². The number of rotatable bonds is 4. The van der Waals surface area contributed by atoms with Gasteiger partial charge in [-0.3, -0.25) is 19.1 Å². The van der Waals surface area contributed by atoms with Crippen molar-refractivity contribution in [2.24, 2.45) is 13.0 Å². The molecule has 2 aliphatic heterocycles. The topological polar surface area (TPSA) is 87.5 Å². The maximum absolute atomic E-state index is 13.5. The zero-order valence-electron chi connectivity index (χ0n) is 18.7. The first-order valence-electron chi connectivity index (χ1n) is 11.6. The smallest absolute Gasteiger partial charge is 0.274 e. The number of carbonyl (C=O) groups is 3. The van der Waals surface area contributed by atoms with Crippen molar-refractivity contribution >= 4 is 29.3 Å². The summed E-state index contributed by atoms with van der Waals surface area (Å²) in [5, 5.41) is 8.19. The van der Waals surface area contributed by atoms with E-state index in [0.29, 0.717) is 54.9 Å². The summed E-state index contributed by atoms with van der Waals surface area (Å²) >= 11 is 5.96. The van der Waals surface area contributed by atoms with Gasteiger partial charge in [0.05, 0.1) is 12.5 Å². The van der Waals surface area contributed by atoms with E-state index in [9.17, 15) is 14.4 Å². The van der Waals surface area contributed by atoms with E-state index in [1.807, 2.05) is 7.05 Å². The Kier molecular flexibility index (Phi) is 5.86. The van der Waals surface area contributed by atoms with E-state index in [2.05, 4.69) is 10.4 Å². The molecule has 2 fully saturated rings. The van der Waals surface area contributed by atoms with E-state index in [0.717, 1.165) is 36.9 Å². The van der Waals surface area contributed by atoms with Gasteiger partial charge >= 0.3 is 0 Å². The number of aryl methyl sites for hydroxylation is 1. The minimum Gasteiger partial charge on any atom is -0.353 e. The zero-order valence-corrected chi connectivity index (χ0v) is 19.5. The van der Waals surface area contributed by atoms with Gasteiger partial charge < -0.3 is 15.1 Å². The zero-order chi connectivity index (χ0) is 23.1. The first-order valence-corrected chi connectivity index (χ1v) is 12.0. The molecule has 3 amide bonds. The number of amides is 3. The fourth-order valence-corrected chi connectivity index (χ4v) is 4.91. The summed E-state index contributed by atoms with van der Waals surface area (Å²) in [7, 11) is 1.84. The molecular formula is C24H28ClN5O3. The molecule has 0 spiro atoms. The van der Waals surface area contributed by atoms with Crippen LogP contribution in [-0.4, -0.2) is 63.0 Å². The van der Waals surface area contributed by atoms with E-state index in [1.165, 1.54) is 0 Å². The molecule has 1 saturated heterocycles. The highest BCUT2D eigenvalue weighted by atomic mass is 35.5. The van der Waals surface area contributed by atoms with Gasteiger partial charge in [-0.05, 0) is 49.9 Å². The second-order valence-electron chi connectivity index (χ2n) is 9.25. The molecule has 1 atom stereocenters. The molecule has 9 heteroatoms. The highest BCUT2D eigenvalue weighted by Crippen LogP contribution is 2.27. The van der Waals surface area contributed by atoms with E-state index in [4.69, 9.17) is 11.6 Å². The molecule has 1 N–H and O–H groups in total. The van der Waals surface area contributed by atoms with Gasteiger partial charge in [-0.2, -0.15) is 5.10 Å². The van der Waals surface area contributed by atoms with Crippen molar-refractivity contribution in [3.05, 3.63) is 51.8 Å². The second kappa shape index (κ2) is 8.82. The maximum Gasteiger partial charge on any atom is 0.274 e. The highest BCUT2D eigenvalue weighted by molar-refractivity contribution is 6.30. The average molecular weight is 470 g/mol. The summed E-state index contributed by atoms with van der Waals surface area (Å²) in [4.78, 5) is 42.6. The number of nitrogens with zero attached hydrogens (tertiary/aromatic N) is 4. The van der Waals surface area contributed by atoms with Gasteiger partial charge in [-0.25, -0.2) is 0 Å². The summed E-state index contributed by atoms with van der Waals surface area (Å²) in [5.74, 6) is -0.366. The lowest BCUT2D eigenvalue weighted by Crippen LogP contribution is -2.46. The third-order valence-corrected chi connectivity index (χ3v) is 7.08. The summed E-state index contributed by atoms with van der Waals surface area (Å²) in [6, 6.07) is 7.16. The number of hydrogen-bond donors (Lipinski definition) is 1. The summed E-state index contributed by atoms with van der Waals surface area (Å²) < 4.78 is 1.76. The number of hydrogen-bond acceptors (Lipinski definition) is 4. The van der Waals surface area contributed by atoms with Crippen LogP contribution in [0.1, 0.15) is 57.8 Å². The molecule has 2 aromatic rings. The van der Waals surface area contributed by atoms with Gasteiger partial charge in [0, 0.05) is 61.0 Å². The Balaban J connectivity index is 1.33. The number of nitrogens with one attached hydrogen (secondary N) is 1. The molecule has 8 nitrogen and oxygen atoms in total. The Morgan fingerprint density at radius 3 is 2.52 bits per heavy atom. The maximum atomic E-state index is 13.5. The summed E-state index contributed by atoms with van der Waals surface area (Å²) in [6.45, 7) is 1.93. The Bertz CT molecular complexity index is 1090. The minimum absolute atomic E-state index is 0.0535. The molecule has 1 aromatic heterocycles. The number of benzene rings is 1. The van der Waals surface area contributed by atoms with Gasteiger partial charge in [-0.15, -0.1) is 0 Å². The molecule has 3 aliphatic rings. The van der Waals surface area contributed by atoms with Gasteiger partial charge in [0.25, 0.3) is 11.8 Å². The van der Waals surface area contributed by atoms with Crippen molar-refractivity contribution in [1.29, 1.82) is 0 Å². The number of piperidine rings is 1. The molecule has 3 heterocycles. The van der Waals surface area contributed by atoms with Crippen LogP contribution in [0.5, 0.6) is 0 Å². The van der Waals surface area contributed by atoms with Crippen LogP contribution >= 0.6 is 11.6 Å². The molecule has 5 rings (SSSR count). The molecule has 1 aromatic carbocycles. The SMILES string of the molecule is Cn1nc(C(=O)N2CCC[C@@H](C(=O)NC3CC3)C2)c2c1CCN(C(=O)c1ccc(Cl)cc1)C2. The van der Waals surface area contributed by atoms with E-state index >= 15 is 0 Å². The Morgan fingerprint density at radius 1 is 1.03 bits per heavy atom. The third-order valence-electron chi connectivity index (χ3n) is 6.83. The number of carbonyl (C=O) groups excluding carboxylic acids is 3. The van der Waals surface area contributed by atoms with E-state index in [1.54, 1.807) is 38.7 Å². The molecule has 1 aliphatic carbocycles. The standard InChI is InChI=1S/C24H28ClN5O3/c1-28-20-10-12-30(23(32)15-4-6-17(25)7-5-15)14-19(20)21(27-28)24(33)29-11-2-3-16(13-29)22(31)26-18-8-9-18/h4-7,16,18H,2-3,8-14H2,1H3,(H,26,31)/t16-/m1/s1. The predicted molar refractivity (Wildman–Crippen MR) is 123 cm³/mol. The van der Waals surface area contributed by atoms with Crippen LogP contribution in [0.25, 0.3) is 0 Å². The molecule has 0 radical (unpaired) electrons. The molecule has 1 saturated carbocycles. The lowest BCUT2D eigenvalue weighted by molar-refractivity contribution is -0.126. The number of fused-ring (bicyclic) bond motifs is 1. The van der Waals surface area contributed by atoms with Gasteiger partial charge in [0.2, 0.25) is 5.91 Å². The molecule has 0 unspecified atom stereocenters. The van der Waals surface area contributed by atoms with Crippen LogP contribution in [0.4, 0.5) is 0 Å².